The standard InChI is InChI=1S/C32H40ClN3O4S.C7H12O/c1-6-17-36(29(38)40-30(2,3)4)32(15-8-16-32)28(37)34-41-24-11-13-27-26(19-24)35(5)20-31(21-39-27)14-7-9-22-18-23(33)10-12-25(22)31;1-2-7(8)6-4-3-5-6/h6,10-13,18-19H,1,7-9,14-17,20-21H2,2-5H3,(H,34,37);2,6-8H,1,3-5H2/t31-;/m0./s1. The molecule has 0 saturated heterocycles. The minimum Gasteiger partial charge on any atom is -0.490 e. The molecule has 4 aliphatic rings. The number of likely N-dealkylation sites (N-methyl/N-ethyl adjacent to an activating group) is 1. The molecule has 8 nitrogen and oxygen atoms in total. The van der Waals surface area contributed by atoms with Gasteiger partial charge in [-0.2, -0.15) is 0 Å². The molecule has 1 unspecified atom stereocenters. The molecule has 10 heteroatoms. The fourth-order valence-corrected chi connectivity index (χ4v) is 8.21. The molecular weight excluding hydrogens is 658 g/mol. The number of benzene rings is 2. The predicted octanol–water partition coefficient (Wildman–Crippen LogP) is 8.25. The monoisotopic (exact) mass is 709 g/mol. The Morgan fingerprint density at radius 3 is 2.51 bits per heavy atom. The number of aliphatic hydroxyl groups excluding tert-OH is 1. The lowest BCUT2D eigenvalue weighted by atomic mass is 9.70. The molecule has 2 aromatic rings. The Balaban J connectivity index is 0.000000514. The SMILES string of the molecule is C=CC(O)C1CCC1.C=CCN(C(=O)OC(C)(C)C)C1(C(=O)NSc2ccc3c(c2)N(C)C[C@@]2(CCCc4cc(Cl)ccc42)CO3)CCC1. The minimum atomic E-state index is -0.946. The smallest absolute Gasteiger partial charge is 0.411 e. The number of nitrogens with one attached hydrogen (secondary N) is 1. The summed E-state index contributed by atoms with van der Waals surface area (Å²) in [6.45, 7) is 14.5. The topological polar surface area (TPSA) is 91.3 Å². The van der Waals surface area contributed by atoms with Gasteiger partial charge >= 0.3 is 6.09 Å². The van der Waals surface area contributed by atoms with Gasteiger partial charge in [0, 0.05) is 35.5 Å². The van der Waals surface area contributed by atoms with E-state index in [-0.39, 0.29) is 24.0 Å². The Labute approximate surface area is 301 Å². The second-order valence-electron chi connectivity index (χ2n) is 14.9. The minimum absolute atomic E-state index is 0.111. The summed E-state index contributed by atoms with van der Waals surface area (Å²) < 4.78 is 15.1. The average molecular weight is 710 g/mol. The van der Waals surface area contributed by atoms with Crippen molar-refractivity contribution < 1.29 is 24.2 Å². The van der Waals surface area contributed by atoms with Gasteiger partial charge in [-0.05, 0) is 131 Å². The highest BCUT2D eigenvalue weighted by Gasteiger charge is 2.52. The van der Waals surface area contributed by atoms with Gasteiger partial charge < -0.3 is 19.5 Å². The van der Waals surface area contributed by atoms with E-state index < -0.39 is 17.2 Å². The van der Waals surface area contributed by atoms with Crippen molar-refractivity contribution in [3.05, 3.63) is 77.9 Å². The van der Waals surface area contributed by atoms with E-state index in [4.69, 9.17) is 26.2 Å². The lowest BCUT2D eigenvalue weighted by Gasteiger charge is -2.47. The Bertz CT molecular complexity index is 1530. The van der Waals surface area contributed by atoms with Crippen molar-refractivity contribution in [2.45, 2.75) is 106 Å². The molecule has 49 heavy (non-hydrogen) atoms. The van der Waals surface area contributed by atoms with E-state index in [0.717, 1.165) is 53.6 Å². The fourth-order valence-electron chi connectivity index (χ4n) is 7.31. The van der Waals surface area contributed by atoms with Crippen LogP contribution in [0.4, 0.5) is 10.5 Å². The van der Waals surface area contributed by atoms with Crippen LogP contribution in [-0.4, -0.2) is 66.0 Å². The Kier molecular flexibility index (Phi) is 11.7. The molecule has 6 rings (SSSR count). The molecule has 1 aliphatic heterocycles. The van der Waals surface area contributed by atoms with E-state index in [2.05, 4.69) is 48.0 Å². The average Bonchev–Trinajstić information content (AvgIpc) is 3.13. The van der Waals surface area contributed by atoms with E-state index >= 15 is 0 Å². The number of rotatable bonds is 8. The number of hydrogen-bond acceptors (Lipinski definition) is 7. The van der Waals surface area contributed by atoms with Crippen LogP contribution in [0.1, 0.15) is 83.3 Å². The van der Waals surface area contributed by atoms with E-state index in [1.807, 2.05) is 39.0 Å². The third-order valence-corrected chi connectivity index (χ3v) is 11.3. The number of fused-ring (bicyclic) bond motifs is 3. The second-order valence-corrected chi connectivity index (χ2v) is 16.2. The van der Waals surface area contributed by atoms with Gasteiger partial charge in [0.25, 0.3) is 5.91 Å². The Morgan fingerprint density at radius 2 is 1.92 bits per heavy atom. The van der Waals surface area contributed by atoms with E-state index in [0.29, 0.717) is 25.4 Å². The molecule has 2 amide bonds. The summed E-state index contributed by atoms with van der Waals surface area (Å²) in [4.78, 5) is 31.3. The second kappa shape index (κ2) is 15.4. The molecule has 2 atom stereocenters. The first kappa shape index (κ1) is 37.1. The van der Waals surface area contributed by atoms with Crippen molar-refractivity contribution in [3.8, 4) is 5.75 Å². The van der Waals surface area contributed by atoms with Crippen molar-refractivity contribution in [2.75, 3.05) is 31.6 Å². The van der Waals surface area contributed by atoms with Gasteiger partial charge in [-0.25, -0.2) is 4.79 Å². The molecule has 0 bridgehead atoms. The van der Waals surface area contributed by atoms with Gasteiger partial charge in [-0.3, -0.25) is 14.4 Å². The van der Waals surface area contributed by atoms with Crippen molar-refractivity contribution in [1.29, 1.82) is 0 Å². The summed E-state index contributed by atoms with van der Waals surface area (Å²) >= 11 is 7.58. The lowest BCUT2D eigenvalue weighted by Crippen LogP contribution is -2.64. The van der Waals surface area contributed by atoms with Crippen LogP contribution in [0.3, 0.4) is 0 Å². The van der Waals surface area contributed by atoms with Crippen LogP contribution in [0.5, 0.6) is 5.75 Å². The number of hydrogen-bond donors (Lipinski definition) is 2. The van der Waals surface area contributed by atoms with Crippen LogP contribution >= 0.6 is 23.5 Å². The summed E-state index contributed by atoms with van der Waals surface area (Å²) in [5, 5.41) is 9.84. The van der Waals surface area contributed by atoms with Gasteiger partial charge in [-0.1, -0.05) is 36.2 Å². The quantitative estimate of drug-likeness (QED) is 0.211. The fraction of sp³-hybridized carbons (Fsp3) is 0.538. The molecule has 266 valence electrons. The third kappa shape index (κ3) is 8.26. The van der Waals surface area contributed by atoms with Crippen LogP contribution in [0.15, 0.2) is 66.6 Å². The number of ether oxygens (including phenoxy) is 2. The van der Waals surface area contributed by atoms with E-state index in [1.54, 1.807) is 12.2 Å². The van der Waals surface area contributed by atoms with Gasteiger partial charge in [0.05, 0.1) is 18.4 Å². The molecule has 2 fully saturated rings. The molecule has 0 radical (unpaired) electrons. The van der Waals surface area contributed by atoms with Crippen LogP contribution in [0.2, 0.25) is 5.02 Å². The molecule has 3 aliphatic carbocycles. The number of aryl methyl sites for hydroxylation is 1. The Morgan fingerprint density at radius 1 is 1.16 bits per heavy atom. The predicted molar refractivity (Wildman–Crippen MR) is 199 cm³/mol. The number of carbonyl (C=O) groups excluding carboxylic acids is 2. The van der Waals surface area contributed by atoms with Crippen molar-refractivity contribution in [3.63, 3.8) is 0 Å². The summed E-state index contributed by atoms with van der Waals surface area (Å²) in [5.74, 6) is 1.17. The molecule has 2 N–H and O–H groups in total. The molecule has 0 aromatic heterocycles. The largest absolute Gasteiger partial charge is 0.490 e. The van der Waals surface area contributed by atoms with E-state index in [1.165, 1.54) is 47.2 Å². The van der Waals surface area contributed by atoms with Gasteiger partial charge in [0.1, 0.15) is 16.9 Å². The maximum absolute atomic E-state index is 13.6. The summed E-state index contributed by atoms with van der Waals surface area (Å²) in [6.07, 6.45) is 11.4. The summed E-state index contributed by atoms with van der Waals surface area (Å²) in [6, 6.07) is 12.3. The highest BCUT2D eigenvalue weighted by molar-refractivity contribution is 7.98. The molecule has 1 spiro atoms. The van der Waals surface area contributed by atoms with Crippen LogP contribution in [0, 0.1) is 5.92 Å². The molecular formula is C39H52ClN3O5S. The first-order valence-electron chi connectivity index (χ1n) is 17.5. The molecule has 1 heterocycles. The van der Waals surface area contributed by atoms with Crippen molar-refractivity contribution >= 4 is 41.2 Å². The first-order chi connectivity index (χ1) is 23.3. The first-order valence-corrected chi connectivity index (χ1v) is 18.7. The number of nitrogens with zero attached hydrogens (tertiary/aromatic N) is 2. The zero-order valence-corrected chi connectivity index (χ0v) is 31.0. The van der Waals surface area contributed by atoms with Gasteiger partial charge in [0.15, 0.2) is 0 Å². The molecule has 2 aromatic carbocycles. The maximum atomic E-state index is 13.6. The zero-order valence-electron chi connectivity index (χ0n) is 29.4. The van der Waals surface area contributed by atoms with Gasteiger partial charge in [-0.15, -0.1) is 13.2 Å². The van der Waals surface area contributed by atoms with Crippen molar-refractivity contribution in [2.24, 2.45) is 5.92 Å². The number of anilines is 1. The van der Waals surface area contributed by atoms with Crippen LogP contribution in [-0.2, 0) is 21.4 Å². The number of carbonyl (C=O) groups is 2. The Hall–Kier alpha value is -3.14. The summed E-state index contributed by atoms with van der Waals surface area (Å²) in [7, 11) is 2.10. The maximum Gasteiger partial charge on any atom is 0.411 e. The third-order valence-electron chi connectivity index (χ3n) is 10.3. The lowest BCUT2D eigenvalue weighted by molar-refractivity contribution is -0.136. The normalized spacial score (nSPS) is 21.5. The van der Waals surface area contributed by atoms with Crippen molar-refractivity contribution in [1.82, 2.24) is 9.62 Å². The number of aliphatic hydroxyl groups is 1. The highest BCUT2D eigenvalue weighted by Crippen LogP contribution is 2.45. The number of halogens is 1. The van der Waals surface area contributed by atoms with E-state index in [9.17, 15) is 9.59 Å². The van der Waals surface area contributed by atoms with Gasteiger partial charge in [0.2, 0.25) is 0 Å². The zero-order chi connectivity index (χ0) is 35.4. The number of amides is 2. The van der Waals surface area contributed by atoms with Crippen LogP contribution in [0.25, 0.3) is 0 Å². The van der Waals surface area contributed by atoms with Crippen LogP contribution < -0.4 is 14.4 Å². The highest BCUT2D eigenvalue weighted by atomic mass is 35.5. The summed E-state index contributed by atoms with van der Waals surface area (Å²) in [5.41, 5.74) is 1.91. The molecule has 2 saturated carbocycles.